The summed E-state index contributed by atoms with van der Waals surface area (Å²) in [5.41, 5.74) is 2.11. The molecule has 1 N–H and O–H groups in total. The molecule has 0 radical (unpaired) electrons. The molecular formula is C16H15BrO2. The summed E-state index contributed by atoms with van der Waals surface area (Å²) in [5.74, 6) is 0.794. The van der Waals surface area contributed by atoms with Crippen LogP contribution in [0.4, 0.5) is 0 Å². The Morgan fingerprint density at radius 3 is 2.74 bits per heavy atom. The van der Waals surface area contributed by atoms with E-state index in [0.717, 1.165) is 22.2 Å². The molecule has 0 bridgehead atoms. The molecule has 2 atom stereocenters. The maximum absolute atomic E-state index is 10.2. The zero-order valence-corrected chi connectivity index (χ0v) is 12.0. The van der Waals surface area contributed by atoms with E-state index in [2.05, 4.69) is 28.1 Å². The molecule has 2 nitrogen and oxygen atoms in total. The third kappa shape index (κ3) is 2.82. The van der Waals surface area contributed by atoms with Gasteiger partial charge in [0.15, 0.2) is 0 Å². The van der Waals surface area contributed by atoms with E-state index in [1.54, 1.807) is 0 Å². The van der Waals surface area contributed by atoms with Crippen molar-refractivity contribution in [1.82, 2.24) is 0 Å². The monoisotopic (exact) mass is 318 g/mol. The summed E-state index contributed by atoms with van der Waals surface area (Å²) in [6.45, 7) is 0. The lowest BCUT2D eigenvalue weighted by Gasteiger charge is -2.30. The molecule has 19 heavy (non-hydrogen) atoms. The molecule has 2 aromatic carbocycles. The fourth-order valence-electron chi connectivity index (χ4n) is 2.49. The highest BCUT2D eigenvalue weighted by atomic mass is 79.9. The van der Waals surface area contributed by atoms with Gasteiger partial charge in [-0.05, 0) is 23.8 Å². The van der Waals surface area contributed by atoms with Gasteiger partial charge >= 0.3 is 0 Å². The van der Waals surface area contributed by atoms with Crippen LogP contribution < -0.4 is 4.74 Å². The highest BCUT2D eigenvalue weighted by Crippen LogP contribution is 2.37. The van der Waals surface area contributed by atoms with E-state index in [1.807, 2.05) is 36.4 Å². The normalized spacial score (nSPS) is 21.6. The van der Waals surface area contributed by atoms with Crippen LogP contribution in [0.5, 0.6) is 5.75 Å². The first-order chi connectivity index (χ1) is 9.22. The zero-order valence-electron chi connectivity index (χ0n) is 10.4. The Morgan fingerprint density at radius 2 is 1.95 bits per heavy atom. The molecule has 0 saturated carbocycles. The molecule has 2 aromatic rings. The van der Waals surface area contributed by atoms with Crippen LogP contribution in [0.25, 0.3) is 0 Å². The van der Waals surface area contributed by atoms with Gasteiger partial charge in [0.2, 0.25) is 0 Å². The van der Waals surface area contributed by atoms with Crippen molar-refractivity contribution in [3.05, 3.63) is 64.1 Å². The van der Waals surface area contributed by atoms with Gasteiger partial charge in [-0.1, -0.05) is 46.3 Å². The van der Waals surface area contributed by atoms with Crippen molar-refractivity contribution in [1.29, 1.82) is 0 Å². The quantitative estimate of drug-likeness (QED) is 0.910. The summed E-state index contributed by atoms with van der Waals surface area (Å²) in [6.07, 6.45) is 1.05. The van der Waals surface area contributed by atoms with Gasteiger partial charge in [0.1, 0.15) is 11.9 Å². The van der Waals surface area contributed by atoms with Crippen LogP contribution >= 0.6 is 15.9 Å². The van der Waals surface area contributed by atoms with E-state index in [4.69, 9.17) is 4.74 Å². The Morgan fingerprint density at radius 1 is 1.16 bits per heavy atom. The number of aliphatic hydroxyl groups excluding tert-OH is 1. The number of benzene rings is 2. The van der Waals surface area contributed by atoms with Gasteiger partial charge < -0.3 is 9.84 Å². The van der Waals surface area contributed by atoms with Gasteiger partial charge in [0, 0.05) is 22.9 Å². The molecule has 3 rings (SSSR count). The number of rotatable bonds is 2. The largest absolute Gasteiger partial charge is 0.490 e. The second kappa shape index (κ2) is 5.35. The standard InChI is InChI=1S/C16H15BrO2/c17-12-6-7-16-14(9-12)15(18)10-13(19-16)8-11-4-2-1-3-5-11/h1-7,9,13,15,18H,8,10H2/t13?,15-/m0/s1. The first-order valence-corrected chi connectivity index (χ1v) is 7.20. The van der Waals surface area contributed by atoms with E-state index in [9.17, 15) is 5.11 Å². The predicted molar refractivity (Wildman–Crippen MR) is 78.3 cm³/mol. The molecule has 0 amide bonds. The summed E-state index contributed by atoms with van der Waals surface area (Å²) in [6, 6.07) is 16.0. The van der Waals surface area contributed by atoms with Crippen LogP contribution in [-0.4, -0.2) is 11.2 Å². The zero-order chi connectivity index (χ0) is 13.2. The maximum atomic E-state index is 10.2. The molecule has 1 heterocycles. The van der Waals surface area contributed by atoms with Crippen molar-refractivity contribution >= 4 is 15.9 Å². The number of aliphatic hydroxyl groups is 1. The van der Waals surface area contributed by atoms with Crippen molar-refractivity contribution in [2.75, 3.05) is 0 Å². The molecule has 0 aliphatic carbocycles. The topological polar surface area (TPSA) is 29.5 Å². The Bertz CT molecular complexity index is 568. The van der Waals surface area contributed by atoms with Crippen LogP contribution in [-0.2, 0) is 6.42 Å². The van der Waals surface area contributed by atoms with Crippen molar-refractivity contribution in [2.45, 2.75) is 25.0 Å². The molecule has 98 valence electrons. The number of hydrogen-bond donors (Lipinski definition) is 1. The lowest BCUT2D eigenvalue weighted by atomic mass is 9.95. The minimum atomic E-state index is -0.449. The molecule has 0 aromatic heterocycles. The summed E-state index contributed by atoms with van der Waals surface area (Å²) in [4.78, 5) is 0. The van der Waals surface area contributed by atoms with Gasteiger partial charge in [-0.15, -0.1) is 0 Å². The van der Waals surface area contributed by atoms with Gasteiger partial charge in [-0.3, -0.25) is 0 Å². The number of fused-ring (bicyclic) bond motifs is 1. The van der Waals surface area contributed by atoms with E-state index in [-0.39, 0.29) is 6.10 Å². The Hall–Kier alpha value is -1.32. The average Bonchev–Trinajstić information content (AvgIpc) is 2.41. The van der Waals surface area contributed by atoms with Crippen LogP contribution in [0.3, 0.4) is 0 Å². The second-order valence-corrected chi connectivity index (χ2v) is 5.78. The van der Waals surface area contributed by atoms with Gasteiger partial charge in [-0.2, -0.15) is 0 Å². The van der Waals surface area contributed by atoms with Crippen LogP contribution in [0.15, 0.2) is 53.0 Å². The highest BCUT2D eigenvalue weighted by molar-refractivity contribution is 9.10. The fourth-order valence-corrected chi connectivity index (χ4v) is 2.87. The Balaban J connectivity index is 1.80. The van der Waals surface area contributed by atoms with Crippen molar-refractivity contribution in [3.8, 4) is 5.75 Å². The van der Waals surface area contributed by atoms with Crippen LogP contribution in [0, 0.1) is 0 Å². The molecule has 1 unspecified atom stereocenters. The Labute approximate surface area is 121 Å². The number of ether oxygens (including phenoxy) is 1. The van der Waals surface area contributed by atoms with E-state index < -0.39 is 6.10 Å². The molecular weight excluding hydrogens is 304 g/mol. The summed E-state index contributed by atoms with van der Waals surface area (Å²) in [7, 11) is 0. The highest BCUT2D eigenvalue weighted by Gasteiger charge is 2.27. The molecule has 0 spiro atoms. The van der Waals surface area contributed by atoms with E-state index >= 15 is 0 Å². The second-order valence-electron chi connectivity index (χ2n) is 4.86. The van der Waals surface area contributed by atoms with Crippen LogP contribution in [0.2, 0.25) is 0 Å². The first kappa shape index (κ1) is 12.7. The van der Waals surface area contributed by atoms with E-state index in [0.29, 0.717) is 6.42 Å². The van der Waals surface area contributed by atoms with Gasteiger partial charge in [0.25, 0.3) is 0 Å². The van der Waals surface area contributed by atoms with Crippen molar-refractivity contribution < 1.29 is 9.84 Å². The lowest BCUT2D eigenvalue weighted by molar-refractivity contribution is 0.0662. The van der Waals surface area contributed by atoms with E-state index in [1.165, 1.54) is 5.56 Å². The number of hydrogen-bond acceptors (Lipinski definition) is 2. The number of halogens is 1. The first-order valence-electron chi connectivity index (χ1n) is 6.40. The summed E-state index contributed by atoms with van der Waals surface area (Å²) >= 11 is 3.42. The summed E-state index contributed by atoms with van der Waals surface area (Å²) < 4.78 is 6.95. The van der Waals surface area contributed by atoms with Crippen molar-refractivity contribution in [2.24, 2.45) is 0 Å². The molecule has 3 heteroatoms. The predicted octanol–water partition coefficient (Wildman–Crippen LogP) is 3.88. The third-order valence-corrected chi connectivity index (χ3v) is 3.91. The fraction of sp³-hybridized carbons (Fsp3) is 0.250. The smallest absolute Gasteiger partial charge is 0.125 e. The summed E-state index contributed by atoms with van der Waals surface area (Å²) in [5, 5.41) is 10.2. The van der Waals surface area contributed by atoms with Crippen LogP contribution in [0.1, 0.15) is 23.7 Å². The molecule has 0 fully saturated rings. The maximum Gasteiger partial charge on any atom is 0.125 e. The van der Waals surface area contributed by atoms with Gasteiger partial charge in [-0.25, -0.2) is 0 Å². The minimum absolute atomic E-state index is 0.0334. The lowest BCUT2D eigenvalue weighted by Crippen LogP contribution is -2.27. The van der Waals surface area contributed by atoms with Crippen molar-refractivity contribution in [3.63, 3.8) is 0 Å². The SMILES string of the molecule is O[C@H]1CC(Cc2ccccc2)Oc2ccc(Br)cc21. The Kier molecular flexibility index (Phi) is 3.58. The third-order valence-electron chi connectivity index (χ3n) is 3.42. The molecule has 1 aliphatic rings. The minimum Gasteiger partial charge on any atom is -0.490 e. The van der Waals surface area contributed by atoms with Gasteiger partial charge in [0.05, 0.1) is 6.10 Å². The molecule has 1 aliphatic heterocycles. The average molecular weight is 319 g/mol. The molecule has 0 saturated heterocycles.